The van der Waals surface area contributed by atoms with E-state index in [-0.39, 0.29) is 6.54 Å². The summed E-state index contributed by atoms with van der Waals surface area (Å²) in [7, 11) is -4.29. The Hall–Kier alpha value is -1.35. The second-order valence-corrected chi connectivity index (χ2v) is 8.40. The van der Waals surface area contributed by atoms with E-state index in [9.17, 15) is 17.2 Å². The fourth-order valence-electron chi connectivity index (χ4n) is 2.90. The maximum Gasteiger partial charge on any atom is 0.246 e. The van der Waals surface area contributed by atoms with E-state index >= 15 is 0 Å². The van der Waals surface area contributed by atoms with Crippen molar-refractivity contribution in [1.29, 1.82) is 0 Å². The van der Waals surface area contributed by atoms with Gasteiger partial charge in [0.05, 0.1) is 0 Å². The average molecular weight is 373 g/mol. The summed E-state index contributed by atoms with van der Waals surface area (Å²) in [5.74, 6) is -2.20. The molecule has 1 aliphatic heterocycles. The van der Waals surface area contributed by atoms with Crippen molar-refractivity contribution >= 4 is 21.4 Å². The van der Waals surface area contributed by atoms with Crippen LogP contribution in [0.15, 0.2) is 40.6 Å². The lowest BCUT2D eigenvalue weighted by molar-refractivity contribution is 0.0529. The highest BCUT2D eigenvalue weighted by atomic mass is 32.2. The predicted molar refractivity (Wildman–Crippen MR) is 87.6 cm³/mol. The Labute approximate surface area is 143 Å². The van der Waals surface area contributed by atoms with Gasteiger partial charge in [0.15, 0.2) is 4.90 Å². The Morgan fingerprint density at radius 1 is 1.12 bits per heavy atom. The minimum absolute atomic E-state index is 0.0764. The molecule has 130 valence electrons. The van der Waals surface area contributed by atoms with Crippen LogP contribution in [-0.2, 0) is 20.2 Å². The molecule has 0 radical (unpaired) electrons. The van der Waals surface area contributed by atoms with Gasteiger partial charge < -0.3 is 4.74 Å². The molecule has 3 rings (SSSR count). The lowest BCUT2D eigenvalue weighted by Crippen LogP contribution is -2.44. The third kappa shape index (κ3) is 3.37. The van der Waals surface area contributed by atoms with Gasteiger partial charge in [-0.15, -0.1) is 11.3 Å². The molecule has 1 aromatic carbocycles. The van der Waals surface area contributed by atoms with Crippen LogP contribution < -0.4 is 4.72 Å². The van der Waals surface area contributed by atoms with Crippen LogP contribution in [0.3, 0.4) is 0 Å². The van der Waals surface area contributed by atoms with Crippen molar-refractivity contribution in [2.75, 3.05) is 19.8 Å². The summed E-state index contributed by atoms with van der Waals surface area (Å²) in [4.78, 5) is 0.112. The monoisotopic (exact) mass is 373 g/mol. The summed E-state index contributed by atoms with van der Waals surface area (Å²) in [6, 6.07) is 6.85. The molecule has 1 aromatic heterocycles. The second-order valence-electron chi connectivity index (χ2n) is 5.75. The fraction of sp³-hybridized carbons (Fsp3) is 0.375. The van der Waals surface area contributed by atoms with Crippen LogP contribution in [0.1, 0.15) is 17.7 Å². The third-order valence-corrected chi connectivity index (χ3v) is 6.85. The highest BCUT2D eigenvalue weighted by Gasteiger charge is 2.37. The molecule has 0 saturated carbocycles. The number of ether oxygens (including phenoxy) is 1. The lowest BCUT2D eigenvalue weighted by Gasteiger charge is -2.36. The van der Waals surface area contributed by atoms with Gasteiger partial charge in [-0.25, -0.2) is 21.9 Å². The van der Waals surface area contributed by atoms with Crippen LogP contribution in [0.2, 0.25) is 0 Å². The third-order valence-electron chi connectivity index (χ3n) is 4.28. The van der Waals surface area contributed by atoms with Gasteiger partial charge in [0.1, 0.15) is 11.6 Å². The minimum Gasteiger partial charge on any atom is -0.381 e. The van der Waals surface area contributed by atoms with E-state index in [1.165, 1.54) is 0 Å². The number of hydrogen-bond donors (Lipinski definition) is 1. The van der Waals surface area contributed by atoms with Gasteiger partial charge in [-0.2, -0.15) is 0 Å². The van der Waals surface area contributed by atoms with Gasteiger partial charge in [0, 0.05) is 30.1 Å². The molecule has 0 spiro atoms. The van der Waals surface area contributed by atoms with Crippen molar-refractivity contribution in [3.05, 3.63) is 52.2 Å². The number of benzene rings is 1. The molecule has 0 atom stereocenters. The average Bonchev–Trinajstić information content (AvgIpc) is 3.09. The highest BCUT2D eigenvalue weighted by molar-refractivity contribution is 7.89. The van der Waals surface area contributed by atoms with E-state index in [0.29, 0.717) is 26.1 Å². The molecule has 1 saturated heterocycles. The summed E-state index contributed by atoms with van der Waals surface area (Å²) >= 11 is 1.54. The Kier molecular flexibility index (Phi) is 5.00. The summed E-state index contributed by atoms with van der Waals surface area (Å²) < 4.78 is 60.2. The molecule has 24 heavy (non-hydrogen) atoms. The molecular weight excluding hydrogens is 356 g/mol. The van der Waals surface area contributed by atoms with Crippen molar-refractivity contribution in [2.24, 2.45) is 0 Å². The van der Waals surface area contributed by atoms with Crippen LogP contribution in [0.25, 0.3) is 0 Å². The van der Waals surface area contributed by atoms with Crippen LogP contribution in [0.4, 0.5) is 8.78 Å². The minimum atomic E-state index is -4.29. The first-order chi connectivity index (χ1) is 11.4. The summed E-state index contributed by atoms with van der Waals surface area (Å²) in [6.07, 6.45) is 1.30. The summed E-state index contributed by atoms with van der Waals surface area (Å²) in [6.45, 7) is 1.12. The largest absolute Gasteiger partial charge is 0.381 e. The Bertz CT molecular complexity index is 780. The number of nitrogens with one attached hydrogen (secondary N) is 1. The Morgan fingerprint density at radius 3 is 2.38 bits per heavy atom. The van der Waals surface area contributed by atoms with E-state index in [0.717, 1.165) is 23.1 Å². The molecule has 2 heterocycles. The van der Waals surface area contributed by atoms with Crippen LogP contribution in [0, 0.1) is 11.6 Å². The molecule has 0 bridgehead atoms. The second kappa shape index (κ2) is 6.87. The van der Waals surface area contributed by atoms with Crippen molar-refractivity contribution < 1.29 is 21.9 Å². The first kappa shape index (κ1) is 17.5. The number of halogens is 2. The quantitative estimate of drug-likeness (QED) is 0.876. The SMILES string of the molecule is O=S(=O)(NCC1(c2cccs2)CCOCC1)c1c(F)cccc1F. The number of rotatable bonds is 5. The smallest absolute Gasteiger partial charge is 0.246 e. The predicted octanol–water partition coefficient (Wildman–Crippen LogP) is 3.05. The topological polar surface area (TPSA) is 55.4 Å². The Morgan fingerprint density at radius 2 is 1.79 bits per heavy atom. The van der Waals surface area contributed by atoms with Gasteiger partial charge in [0.25, 0.3) is 0 Å². The van der Waals surface area contributed by atoms with Crippen LogP contribution in [0.5, 0.6) is 0 Å². The first-order valence-corrected chi connectivity index (χ1v) is 9.86. The number of thiophene rings is 1. The van der Waals surface area contributed by atoms with Gasteiger partial charge in [-0.3, -0.25) is 0 Å². The van der Waals surface area contributed by atoms with Crippen LogP contribution >= 0.6 is 11.3 Å². The number of hydrogen-bond acceptors (Lipinski definition) is 4. The summed E-state index contributed by atoms with van der Waals surface area (Å²) in [5.41, 5.74) is -0.415. The van der Waals surface area contributed by atoms with E-state index in [1.807, 2.05) is 17.5 Å². The van der Waals surface area contributed by atoms with E-state index in [2.05, 4.69) is 4.72 Å². The zero-order valence-corrected chi connectivity index (χ0v) is 14.4. The molecule has 4 nitrogen and oxygen atoms in total. The van der Waals surface area contributed by atoms with Gasteiger partial charge >= 0.3 is 0 Å². The molecule has 0 aliphatic carbocycles. The zero-order valence-electron chi connectivity index (χ0n) is 12.8. The molecule has 1 N–H and O–H groups in total. The molecular formula is C16H17F2NO3S2. The van der Waals surface area contributed by atoms with Gasteiger partial charge in [-0.1, -0.05) is 12.1 Å². The van der Waals surface area contributed by atoms with E-state index in [4.69, 9.17) is 4.74 Å². The van der Waals surface area contributed by atoms with Crippen molar-refractivity contribution in [3.63, 3.8) is 0 Å². The number of sulfonamides is 1. The summed E-state index contributed by atoms with van der Waals surface area (Å²) in [5, 5.41) is 1.93. The van der Waals surface area contributed by atoms with Crippen molar-refractivity contribution in [2.45, 2.75) is 23.2 Å². The normalized spacial score (nSPS) is 17.8. The zero-order chi connectivity index (χ0) is 17.2. The Balaban J connectivity index is 1.87. The molecule has 0 unspecified atom stereocenters. The van der Waals surface area contributed by atoms with Gasteiger partial charge in [0.2, 0.25) is 10.0 Å². The highest BCUT2D eigenvalue weighted by Crippen LogP contribution is 2.37. The standard InChI is InChI=1S/C16H17F2NO3S2/c17-12-3-1-4-13(18)15(12)24(20,21)19-11-16(6-8-22-9-7-16)14-5-2-10-23-14/h1-5,10,19H,6-9,11H2. The van der Waals surface area contributed by atoms with Crippen molar-refractivity contribution in [1.82, 2.24) is 4.72 Å². The lowest BCUT2D eigenvalue weighted by atomic mass is 9.79. The maximum atomic E-state index is 13.8. The molecule has 1 fully saturated rings. The van der Waals surface area contributed by atoms with E-state index < -0.39 is 32.0 Å². The molecule has 1 aliphatic rings. The molecule has 2 aromatic rings. The fourth-order valence-corrected chi connectivity index (χ4v) is 5.14. The van der Waals surface area contributed by atoms with Crippen molar-refractivity contribution in [3.8, 4) is 0 Å². The van der Waals surface area contributed by atoms with Gasteiger partial charge in [-0.05, 0) is 36.4 Å². The van der Waals surface area contributed by atoms with Crippen LogP contribution in [-0.4, -0.2) is 28.2 Å². The molecule has 8 heteroatoms. The first-order valence-electron chi connectivity index (χ1n) is 7.50. The van der Waals surface area contributed by atoms with E-state index in [1.54, 1.807) is 11.3 Å². The molecule has 0 amide bonds. The maximum absolute atomic E-state index is 13.8.